The normalized spacial score (nSPS) is 12.5. The number of ether oxygens (including phenoxy) is 1. The smallest absolute Gasteiger partial charge is 0.434 e. The van der Waals surface area contributed by atoms with Gasteiger partial charge in [-0.1, -0.05) is 0 Å². The van der Waals surface area contributed by atoms with E-state index < -0.39 is 23.4 Å². The molecule has 0 radical (unpaired) electrons. The number of esters is 1. The molecule has 1 amide bonds. The average Bonchev–Trinajstić information content (AvgIpc) is 3.06. The van der Waals surface area contributed by atoms with Crippen LogP contribution in [0.4, 0.5) is 18.9 Å². The van der Waals surface area contributed by atoms with Crippen molar-refractivity contribution in [1.82, 2.24) is 9.78 Å². The molecule has 0 saturated heterocycles. The van der Waals surface area contributed by atoms with E-state index in [1.54, 1.807) is 6.92 Å². The molecule has 28 heavy (non-hydrogen) atoms. The van der Waals surface area contributed by atoms with E-state index in [1.165, 1.54) is 31.2 Å². The van der Waals surface area contributed by atoms with Gasteiger partial charge in [-0.2, -0.15) is 18.3 Å². The van der Waals surface area contributed by atoms with Crippen molar-refractivity contribution in [2.75, 3.05) is 11.9 Å². The summed E-state index contributed by atoms with van der Waals surface area (Å²) >= 11 is 0. The van der Waals surface area contributed by atoms with Crippen molar-refractivity contribution in [2.24, 2.45) is 5.73 Å². The molecule has 7 nitrogen and oxygen atoms in total. The molecule has 1 unspecified atom stereocenters. The molecule has 2 rings (SSSR count). The van der Waals surface area contributed by atoms with Gasteiger partial charge in [0.15, 0.2) is 5.69 Å². The van der Waals surface area contributed by atoms with Crippen molar-refractivity contribution in [3.63, 3.8) is 0 Å². The van der Waals surface area contributed by atoms with E-state index in [0.29, 0.717) is 16.8 Å². The van der Waals surface area contributed by atoms with Crippen LogP contribution in [-0.2, 0) is 15.7 Å². The predicted molar refractivity (Wildman–Crippen MR) is 96.0 cm³/mol. The van der Waals surface area contributed by atoms with Crippen LogP contribution in [0.5, 0.6) is 0 Å². The molecule has 0 spiro atoms. The van der Waals surface area contributed by atoms with Crippen LogP contribution in [-0.4, -0.2) is 34.3 Å². The molecule has 1 atom stereocenters. The second-order valence-corrected chi connectivity index (χ2v) is 6.15. The Balaban J connectivity index is 2.26. The first-order chi connectivity index (χ1) is 13.1. The van der Waals surface area contributed by atoms with Gasteiger partial charge >= 0.3 is 12.1 Å². The monoisotopic (exact) mass is 398 g/mol. The first-order valence-corrected chi connectivity index (χ1v) is 8.61. The molecule has 0 aliphatic heterocycles. The Labute approximate surface area is 159 Å². The highest BCUT2D eigenvalue weighted by molar-refractivity contribution is 5.91. The zero-order chi connectivity index (χ0) is 20.9. The van der Waals surface area contributed by atoms with Crippen molar-refractivity contribution in [1.29, 1.82) is 0 Å². The second-order valence-electron chi connectivity index (χ2n) is 6.15. The minimum Gasteiger partial charge on any atom is -0.462 e. The summed E-state index contributed by atoms with van der Waals surface area (Å²) in [6, 6.07) is 5.51. The highest BCUT2D eigenvalue weighted by Gasteiger charge is 2.41. The molecule has 2 aromatic rings. The van der Waals surface area contributed by atoms with E-state index in [4.69, 9.17) is 5.73 Å². The average molecular weight is 398 g/mol. The van der Waals surface area contributed by atoms with Crippen LogP contribution in [0, 0.1) is 0 Å². The number of hydrogen-bond donors (Lipinski definition) is 2. The number of hydrogen-bond acceptors (Lipinski definition) is 5. The number of anilines is 1. The highest BCUT2D eigenvalue weighted by Crippen LogP contribution is 2.34. The number of aromatic nitrogens is 2. The predicted octanol–water partition coefficient (Wildman–Crippen LogP) is 3.13. The van der Waals surface area contributed by atoms with E-state index >= 15 is 0 Å². The molecule has 0 aliphatic rings. The third kappa shape index (κ3) is 5.32. The summed E-state index contributed by atoms with van der Waals surface area (Å²) in [5.41, 5.74) is 4.21. The number of alkyl halides is 3. The van der Waals surface area contributed by atoms with Crippen LogP contribution < -0.4 is 11.1 Å². The maximum absolute atomic E-state index is 13.5. The van der Waals surface area contributed by atoms with Gasteiger partial charge in [-0.05, 0) is 44.5 Å². The van der Waals surface area contributed by atoms with Crippen molar-refractivity contribution < 1.29 is 27.5 Å². The van der Waals surface area contributed by atoms with E-state index in [1.807, 2.05) is 0 Å². The minimum absolute atomic E-state index is 0.0569. The fraction of sp³-hybridized carbons (Fsp3) is 0.389. The quantitative estimate of drug-likeness (QED) is 0.698. The molecule has 152 valence electrons. The lowest BCUT2D eigenvalue weighted by Gasteiger charge is -2.13. The highest BCUT2D eigenvalue weighted by atomic mass is 19.4. The Morgan fingerprint density at radius 3 is 2.46 bits per heavy atom. The topological polar surface area (TPSA) is 99.2 Å². The van der Waals surface area contributed by atoms with Crippen molar-refractivity contribution in [3.05, 3.63) is 41.7 Å². The lowest BCUT2D eigenvalue weighted by molar-refractivity contribution is -0.143. The summed E-state index contributed by atoms with van der Waals surface area (Å²) in [4.78, 5) is 23.6. The maximum Gasteiger partial charge on any atom is 0.434 e. The van der Waals surface area contributed by atoms with Gasteiger partial charge < -0.3 is 15.8 Å². The number of nitrogens with one attached hydrogen (secondary N) is 1. The Bertz CT molecular complexity index is 830. The number of amides is 1. The zero-order valence-corrected chi connectivity index (χ0v) is 15.4. The fourth-order valence-electron chi connectivity index (χ4n) is 2.44. The SMILES string of the molecule is CCOC(=O)c1cnn(-c2ccc(NC(=O)CCC(C)N)cc2)c1C(F)(F)F. The summed E-state index contributed by atoms with van der Waals surface area (Å²) in [6.45, 7) is 3.23. The number of nitrogens with zero attached hydrogens (tertiary/aromatic N) is 2. The van der Waals surface area contributed by atoms with Crippen molar-refractivity contribution in [2.45, 2.75) is 38.9 Å². The van der Waals surface area contributed by atoms with E-state index in [0.717, 1.165) is 6.20 Å². The molecule has 0 fully saturated rings. The van der Waals surface area contributed by atoms with Gasteiger partial charge in [0.05, 0.1) is 18.5 Å². The zero-order valence-electron chi connectivity index (χ0n) is 15.4. The minimum atomic E-state index is -4.82. The Morgan fingerprint density at radius 2 is 1.93 bits per heavy atom. The third-order valence-corrected chi connectivity index (χ3v) is 3.76. The van der Waals surface area contributed by atoms with Crippen LogP contribution >= 0.6 is 0 Å². The van der Waals surface area contributed by atoms with Crippen LogP contribution in [0.1, 0.15) is 42.7 Å². The lowest BCUT2D eigenvalue weighted by atomic mass is 10.2. The van der Waals surface area contributed by atoms with Gasteiger partial charge in [0.1, 0.15) is 5.56 Å². The Morgan fingerprint density at radius 1 is 1.29 bits per heavy atom. The molecule has 10 heteroatoms. The standard InChI is InChI=1S/C18H21F3N4O3/c1-3-28-17(27)14-10-23-25(16(14)18(19,20)21)13-7-5-12(6-8-13)24-15(26)9-4-11(2)22/h5-8,10-11H,3-4,9,22H2,1-2H3,(H,24,26). The molecule has 1 aromatic carbocycles. The lowest BCUT2D eigenvalue weighted by Crippen LogP contribution is -2.19. The Kier molecular flexibility index (Phi) is 6.79. The molecule has 0 saturated carbocycles. The molecule has 1 aromatic heterocycles. The van der Waals surface area contributed by atoms with Crippen LogP contribution in [0.3, 0.4) is 0 Å². The number of carbonyl (C=O) groups is 2. The van der Waals surface area contributed by atoms with E-state index in [-0.39, 0.29) is 30.7 Å². The van der Waals surface area contributed by atoms with Crippen molar-refractivity contribution >= 4 is 17.6 Å². The summed E-state index contributed by atoms with van der Waals surface area (Å²) in [6.07, 6.45) is -3.24. The first-order valence-electron chi connectivity index (χ1n) is 8.61. The van der Waals surface area contributed by atoms with Gasteiger partial charge in [-0.25, -0.2) is 9.48 Å². The number of rotatable bonds is 7. The van der Waals surface area contributed by atoms with Gasteiger partial charge in [0, 0.05) is 18.2 Å². The first kappa shape index (κ1) is 21.4. The van der Waals surface area contributed by atoms with E-state index in [2.05, 4.69) is 15.2 Å². The molecule has 3 N–H and O–H groups in total. The molecular weight excluding hydrogens is 377 g/mol. The van der Waals surface area contributed by atoms with E-state index in [9.17, 15) is 22.8 Å². The van der Waals surface area contributed by atoms with Crippen LogP contribution in [0.2, 0.25) is 0 Å². The summed E-state index contributed by atoms with van der Waals surface area (Å²) in [7, 11) is 0. The third-order valence-electron chi connectivity index (χ3n) is 3.76. The number of halogens is 3. The Hall–Kier alpha value is -2.88. The number of benzene rings is 1. The van der Waals surface area contributed by atoms with Crippen molar-refractivity contribution in [3.8, 4) is 5.69 Å². The summed E-state index contributed by atoms with van der Waals surface area (Å²) < 4.78 is 45.8. The largest absolute Gasteiger partial charge is 0.462 e. The van der Waals surface area contributed by atoms with Crippen LogP contribution in [0.15, 0.2) is 30.5 Å². The van der Waals surface area contributed by atoms with Crippen LogP contribution in [0.25, 0.3) is 5.69 Å². The summed E-state index contributed by atoms with van der Waals surface area (Å²) in [5, 5.41) is 6.33. The molecule has 1 heterocycles. The number of carbonyl (C=O) groups excluding carboxylic acids is 2. The van der Waals surface area contributed by atoms with Gasteiger partial charge in [-0.15, -0.1) is 0 Å². The van der Waals surface area contributed by atoms with Gasteiger partial charge in [0.25, 0.3) is 0 Å². The molecular formula is C18H21F3N4O3. The van der Waals surface area contributed by atoms with Gasteiger partial charge in [-0.3, -0.25) is 4.79 Å². The molecule has 0 bridgehead atoms. The maximum atomic E-state index is 13.5. The number of nitrogens with two attached hydrogens (primary N) is 1. The summed E-state index contributed by atoms with van der Waals surface area (Å²) in [5.74, 6) is -1.34. The fourth-order valence-corrected chi connectivity index (χ4v) is 2.44. The van der Waals surface area contributed by atoms with Gasteiger partial charge in [0.2, 0.25) is 5.91 Å². The molecule has 0 aliphatic carbocycles. The second kappa shape index (κ2) is 8.87.